The third-order valence-electron chi connectivity index (χ3n) is 5.84. The molecule has 1 aromatic heterocycles. The van der Waals surface area contributed by atoms with E-state index in [-0.39, 0.29) is 23.4 Å². The van der Waals surface area contributed by atoms with Crippen molar-refractivity contribution in [3.8, 4) is 5.69 Å². The molecule has 33 heavy (non-hydrogen) atoms. The fourth-order valence-electron chi connectivity index (χ4n) is 3.88. The first kappa shape index (κ1) is 21.4. The molecule has 8 heteroatoms. The van der Waals surface area contributed by atoms with Crippen LogP contribution in [-0.2, 0) is 16.1 Å². The van der Waals surface area contributed by atoms with Crippen molar-refractivity contribution in [2.45, 2.75) is 19.4 Å². The van der Waals surface area contributed by atoms with E-state index in [1.54, 1.807) is 10.7 Å². The molecule has 0 spiro atoms. The Balaban J connectivity index is 1.33. The molecular weight excluding hydrogens is 418 g/mol. The quantitative estimate of drug-likeness (QED) is 0.583. The van der Waals surface area contributed by atoms with E-state index >= 15 is 0 Å². The van der Waals surface area contributed by atoms with Gasteiger partial charge in [-0.25, -0.2) is 4.68 Å². The van der Waals surface area contributed by atoms with Gasteiger partial charge in [0.15, 0.2) is 5.69 Å². The summed E-state index contributed by atoms with van der Waals surface area (Å²) in [6, 6.07) is 18.9. The lowest BCUT2D eigenvalue weighted by Crippen LogP contribution is -2.35. The van der Waals surface area contributed by atoms with E-state index in [2.05, 4.69) is 26.7 Å². The summed E-state index contributed by atoms with van der Waals surface area (Å²) in [6.07, 6.45) is 1.80. The number of carbonyl (C=O) groups is 2. The van der Waals surface area contributed by atoms with E-state index in [0.29, 0.717) is 11.5 Å². The summed E-state index contributed by atoms with van der Waals surface area (Å²) in [5, 5.41) is 10.4. The van der Waals surface area contributed by atoms with E-state index in [1.807, 2.05) is 48.5 Å². The number of carbonyl (C=O) groups excluding carboxylic acids is 2. The second-order valence-electron chi connectivity index (χ2n) is 8.47. The molecule has 1 saturated heterocycles. The standard InChI is InChI=1S/C25H27N5O3/c31-24(19-9-10-19)27-23-16-22(28-30(23)21-7-2-1-3-8-21)25(32)26-20-6-4-5-18(15-20)17-29-11-13-33-14-12-29/h1-8,15-16,19H,9-14,17H2,(H,26,32)(H,27,31). The van der Waals surface area contributed by atoms with E-state index in [0.717, 1.165) is 56.9 Å². The van der Waals surface area contributed by atoms with Gasteiger partial charge in [0.05, 0.1) is 18.9 Å². The van der Waals surface area contributed by atoms with Gasteiger partial charge in [0.25, 0.3) is 5.91 Å². The Bertz CT molecular complexity index is 1130. The van der Waals surface area contributed by atoms with Gasteiger partial charge in [0, 0.05) is 37.3 Å². The maximum absolute atomic E-state index is 13.0. The average Bonchev–Trinajstić information content (AvgIpc) is 3.61. The van der Waals surface area contributed by atoms with Crippen LogP contribution in [0.4, 0.5) is 11.5 Å². The van der Waals surface area contributed by atoms with E-state index in [9.17, 15) is 9.59 Å². The molecule has 1 aliphatic carbocycles. The van der Waals surface area contributed by atoms with Crippen molar-refractivity contribution in [1.82, 2.24) is 14.7 Å². The molecular formula is C25H27N5O3. The fourth-order valence-corrected chi connectivity index (χ4v) is 3.88. The average molecular weight is 446 g/mol. The number of morpholine rings is 1. The summed E-state index contributed by atoms with van der Waals surface area (Å²) in [5.41, 5.74) is 2.85. The van der Waals surface area contributed by atoms with Crippen molar-refractivity contribution in [2.24, 2.45) is 5.92 Å². The lowest BCUT2D eigenvalue weighted by atomic mass is 10.1. The van der Waals surface area contributed by atoms with Gasteiger partial charge in [-0.3, -0.25) is 14.5 Å². The summed E-state index contributed by atoms with van der Waals surface area (Å²) in [5.74, 6) is 0.185. The molecule has 170 valence electrons. The van der Waals surface area contributed by atoms with Gasteiger partial charge in [-0.15, -0.1) is 0 Å². The van der Waals surface area contributed by atoms with Gasteiger partial charge in [0.2, 0.25) is 5.91 Å². The number of nitrogens with zero attached hydrogens (tertiary/aromatic N) is 3. The van der Waals surface area contributed by atoms with Crippen LogP contribution in [0.5, 0.6) is 0 Å². The zero-order valence-corrected chi connectivity index (χ0v) is 18.4. The Morgan fingerprint density at radius 1 is 0.970 bits per heavy atom. The van der Waals surface area contributed by atoms with Crippen LogP contribution in [-0.4, -0.2) is 52.8 Å². The van der Waals surface area contributed by atoms with Gasteiger partial charge < -0.3 is 15.4 Å². The molecule has 2 N–H and O–H groups in total. The summed E-state index contributed by atoms with van der Waals surface area (Å²) in [7, 11) is 0. The SMILES string of the molecule is O=C(Nc1cccc(CN2CCOCC2)c1)c1cc(NC(=O)C2CC2)n(-c2ccccc2)n1. The van der Waals surface area contributed by atoms with Crippen molar-refractivity contribution in [3.63, 3.8) is 0 Å². The number of ether oxygens (including phenoxy) is 1. The molecule has 0 unspecified atom stereocenters. The number of hydrogen-bond donors (Lipinski definition) is 2. The second-order valence-corrected chi connectivity index (χ2v) is 8.47. The van der Waals surface area contributed by atoms with Crippen molar-refractivity contribution >= 4 is 23.3 Å². The molecule has 0 radical (unpaired) electrons. The highest BCUT2D eigenvalue weighted by molar-refractivity contribution is 6.04. The third kappa shape index (κ3) is 5.30. The first-order chi connectivity index (χ1) is 16.2. The van der Waals surface area contributed by atoms with Crippen LogP contribution in [0, 0.1) is 5.92 Å². The molecule has 2 heterocycles. The Hall–Kier alpha value is -3.49. The van der Waals surface area contributed by atoms with Crippen molar-refractivity contribution in [2.75, 3.05) is 36.9 Å². The molecule has 2 aromatic carbocycles. The summed E-state index contributed by atoms with van der Waals surface area (Å²) in [4.78, 5) is 27.7. The smallest absolute Gasteiger partial charge is 0.276 e. The Kier molecular flexibility index (Phi) is 6.19. The fraction of sp³-hybridized carbons (Fsp3) is 0.320. The van der Waals surface area contributed by atoms with Crippen molar-refractivity contribution in [1.29, 1.82) is 0 Å². The number of rotatable bonds is 7. The molecule has 3 aromatic rings. The monoisotopic (exact) mass is 445 g/mol. The van der Waals surface area contributed by atoms with Gasteiger partial charge in [-0.05, 0) is 42.7 Å². The maximum atomic E-state index is 13.0. The van der Waals surface area contributed by atoms with Crippen LogP contribution in [0.3, 0.4) is 0 Å². The number of anilines is 2. The van der Waals surface area contributed by atoms with Crippen LogP contribution >= 0.6 is 0 Å². The predicted octanol–water partition coefficient (Wildman–Crippen LogP) is 3.31. The van der Waals surface area contributed by atoms with Crippen LogP contribution < -0.4 is 10.6 Å². The highest BCUT2D eigenvalue weighted by Gasteiger charge is 2.30. The maximum Gasteiger partial charge on any atom is 0.276 e. The van der Waals surface area contributed by atoms with Gasteiger partial charge in [0.1, 0.15) is 5.82 Å². The minimum absolute atomic E-state index is 0.0325. The number of nitrogens with one attached hydrogen (secondary N) is 2. The Labute approximate surface area is 192 Å². The van der Waals surface area contributed by atoms with Crippen LogP contribution in [0.15, 0.2) is 60.7 Å². The van der Waals surface area contributed by atoms with Crippen molar-refractivity contribution < 1.29 is 14.3 Å². The number of aromatic nitrogens is 2. The minimum atomic E-state index is -0.324. The molecule has 2 amide bonds. The summed E-state index contributed by atoms with van der Waals surface area (Å²) >= 11 is 0. The lowest BCUT2D eigenvalue weighted by Gasteiger charge is -2.26. The molecule has 2 fully saturated rings. The van der Waals surface area contributed by atoms with Crippen LogP contribution in [0.25, 0.3) is 5.69 Å². The van der Waals surface area contributed by atoms with Gasteiger partial charge in [-0.1, -0.05) is 30.3 Å². The molecule has 5 rings (SSSR count). The molecule has 1 saturated carbocycles. The number of para-hydroxylation sites is 1. The number of benzene rings is 2. The Morgan fingerprint density at radius 2 is 1.76 bits per heavy atom. The van der Waals surface area contributed by atoms with E-state index in [1.165, 1.54) is 0 Å². The Morgan fingerprint density at radius 3 is 2.52 bits per heavy atom. The predicted molar refractivity (Wildman–Crippen MR) is 125 cm³/mol. The van der Waals surface area contributed by atoms with Gasteiger partial charge >= 0.3 is 0 Å². The normalized spacial score (nSPS) is 16.4. The summed E-state index contributed by atoms with van der Waals surface area (Å²) in [6.45, 7) is 4.12. The highest BCUT2D eigenvalue weighted by Crippen LogP contribution is 2.30. The summed E-state index contributed by atoms with van der Waals surface area (Å²) < 4.78 is 7.01. The largest absolute Gasteiger partial charge is 0.379 e. The van der Waals surface area contributed by atoms with Crippen molar-refractivity contribution in [3.05, 3.63) is 71.9 Å². The lowest BCUT2D eigenvalue weighted by molar-refractivity contribution is -0.117. The molecule has 0 atom stereocenters. The zero-order valence-electron chi connectivity index (χ0n) is 18.4. The number of hydrogen-bond acceptors (Lipinski definition) is 5. The van der Waals surface area contributed by atoms with Gasteiger partial charge in [-0.2, -0.15) is 5.10 Å². The van der Waals surface area contributed by atoms with E-state index in [4.69, 9.17) is 4.74 Å². The first-order valence-corrected chi connectivity index (χ1v) is 11.3. The molecule has 2 aliphatic rings. The zero-order chi connectivity index (χ0) is 22.6. The topological polar surface area (TPSA) is 88.5 Å². The molecule has 8 nitrogen and oxygen atoms in total. The minimum Gasteiger partial charge on any atom is -0.379 e. The second kappa shape index (κ2) is 9.56. The molecule has 0 bridgehead atoms. The van der Waals surface area contributed by atoms with Crippen LogP contribution in [0.1, 0.15) is 28.9 Å². The molecule has 1 aliphatic heterocycles. The van der Waals surface area contributed by atoms with E-state index < -0.39 is 0 Å². The third-order valence-corrected chi connectivity index (χ3v) is 5.84. The first-order valence-electron chi connectivity index (χ1n) is 11.3. The highest BCUT2D eigenvalue weighted by atomic mass is 16.5. The van der Waals surface area contributed by atoms with Crippen LogP contribution in [0.2, 0.25) is 0 Å². The number of amides is 2.